The highest BCUT2D eigenvalue weighted by atomic mass is 16.7. The van der Waals surface area contributed by atoms with Gasteiger partial charge in [0, 0.05) is 0 Å². The summed E-state index contributed by atoms with van der Waals surface area (Å²) in [4.78, 5) is 11.1. The normalized spacial score (nSPS) is 5.83. The highest BCUT2D eigenvalue weighted by Crippen LogP contribution is 1.81. The molecule has 0 saturated heterocycles. The molecule has 32 valence electrons. The fourth-order valence-electron chi connectivity index (χ4n) is 0.0365. The first-order valence-corrected chi connectivity index (χ1v) is 0.989. The molecular formula is CN3O2-. The molecular weight excluding hydrogens is 86.0 g/mol. The van der Waals surface area contributed by atoms with E-state index in [4.69, 9.17) is 16.7 Å². The minimum atomic E-state index is -1.05. The molecule has 0 aliphatic rings. The Morgan fingerprint density at radius 1 is 2.00 bits per heavy atom. The van der Waals surface area contributed by atoms with E-state index in [1.54, 1.807) is 0 Å². The monoisotopic (exact) mass is 86.0 g/mol. The summed E-state index contributed by atoms with van der Waals surface area (Å²) in [7, 11) is 0. The third kappa shape index (κ3) is 2.69. The zero-order valence-corrected chi connectivity index (χ0v) is 2.66. The second-order valence-electron chi connectivity index (χ2n) is 0.427. The Hall–Kier alpha value is -1.31. The van der Waals surface area contributed by atoms with Gasteiger partial charge in [-0.2, -0.15) is 0 Å². The predicted molar refractivity (Wildman–Crippen MR) is 17.0 cm³/mol. The molecule has 0 unspecified atom stereocenters. The zero-order valence-electron chi connectivity index (χ0n) is 2.66. The third-order valence-corrected chi connectivity index (χ3v) is 0.118. The van der Waals surface area contributed by atoms with Crippen molar-refractivity contribution in [3.05, 3.63) is 27.2 Å². The summed E-state index contributed by atoms with van der Waals surface area (Å²) in [5, 5.41) is 7.98. The van der Waals surface area contributed by atoms with Crippen LogP contribution in [0, 0.1) is 16.7 Å². The van der Waals surface area contributed by atoms with E-state index < -0.39 is 5.03 Å². The van der Waals surface area contributed by atoms with E-state index in [2.05, 4.69) is 10.5 Å². The fourth-order valence-corrected chi connectivity index (χ4v) is 0.0365. The molecule has 0 amide bonds. The molecule has 0 aromatic carbocycles. The lowest BCUT2D eigenvalue weighted by molar-refractivity contribution is -0.420. The number of rotatable bonds is 1. The molecule has 0 atom stereocenters. The maximum Gasteiger partial charge on any atom is 0.0536 e. The molecule has 0 aromatic rings. The van der Waals surface area contributed by atoms with Gasteiger partial charge < -0.3 is 0 Å². The zero-order chi connectivity index (χ0) is 4.99. The Balaban J connectivity index is 3.13. The fraction of sp³-hybridized carbons (Fsp3) is 0. The van der Waals surface area contributed by atoms with Crippen LogP contribution < -0.4 is 0 Å². The largest absolute Gasteiger partial charge is 0.285 e. The molecule has 0 saturated carbocycles. The van der Waals surface area contributed by atoms with Crippen molar-refractivity contribution in [3.63, 3.8) is 0 Å². The van der Waals surface area contributed by atoms with Crippen molar-refractivity contribution in [2.45, 2.75) is 0 Å². The van der Waals surface area contributed by atoms with Gasteiger partial charge in [-0.25, -0.2) is 6.57 Å². The van der Waals surface area contributed by atoms with Gasteiger partial charge >= 0.3 is 0 Å². The van der Waals surface area contributed by atoms with Crippen molar-refractivity contribution in [3.8, 4) is 0 Å². The SMILES string of the molecule is [C-]#[N+][N-][N+](=O)[O-]. The molecule has 0 heterocycles. The lowest BCUT2D eigenvalue weighted by Crippen LogP contribution is -1.80. The van der Waals surface area contributed by atoms with Gasteiger partial charge in [0.25, 0.3) is 0 Å². The van der Waals surface area contributed by atoms with Gasteiger partial charge in [-0.1, -0.05) is 0 Å². The second kappa shape index (κ2) is 1.96. The van der Waals surface area contributed by atoms with Crippen LogP contribution >= 0.6 is 0 Å². The van der Waals surface area contributed by atoms with Crippen molar-refractivity contribution < 1.29 is 5.03 Å². The van der Waals surface area contributed by atoms with Gasteiger partial charge in [0.15, 0.2) is 0 Å². The summed E-state index contributed by atoms with van der Waals surface area (Å²) in [6.07, 6.45) is 0. The quantitative estimate of drug-likeness (QED) is 0.263. The Bertz CT molecular complexity index is 91.5. The number of nitrogens with zero attached hydrogens (tertiary/aromatic N) is 3. The van der Waals surface area contributed by atoms with Crippen LogP contribution in [0.4, 0.5) is 0 Å². The van der Waals surface area contributed by atoms with E-state index in [1.165, 1.54) is 0 Å². The van der Waals surface area contributed by atoms with Crippen LogP contribution in [0.2, 0.25) is 0 Å². The first kappa shape index (κ1) is 4.69. The summed E-state index contributed by atoms with van der Waals surface area (Å²) in [6, 6.07) is 0. The van der Waals surface area contributed by atoms with E-state index in [-0.39, 0.29) is 0 Å². The average Bonchev–Trinajstić information content (AvgIpc) is 1.35. The standard InChI is InChI=1S/CN3O2/c1-2-3-4(5)6/q-1. The molecule has 0 aliphatic heterocycles. The van der Waals surface area contributed by atoms with Gasteiger partial charge in [-0.15, -0.1) is 0 Å². The lowest BCUT2D eigenvalue weighted by atomic mass is 11.8. The van der Waals surface area contributed by atoms with Crippen LogP contribution in [0.1, 0.15) is 0 Å². The predicted octanol–water partition coefficient (Wildman–Crippen LogP) is 0.386. The summed E-state index contributed by atoms with van der Waals surface area (Å²) in [5.74, 6) is 0. The van der Waals surface area contributed by atoms with Crippen LogP contribution in [0.25, 0.3) is 10.5 Å². The molecule has 0 N–H and O–H groups in total. The molecule has 0 fully saturated rings. The second-order valence-corrected chi connectivity index (χ2v) is 0.427. The molecule has 0 rings (SSSR count). The average molecular weight is 86.0 g/mol. The smallest absolute Gasteiger partial charge is 0.0536 e. The first-order chi connectivity index (χ1) is 2.77. The van der Waals surface area contributed by atoms with Crippen LogP contribution in [-0.2, 0) is 0 Å². The highest BCUT2D eigenvalue weighted by Gasteiger charge is 1.69. The van der Waals surface area contributed by atoms with Crippen molar-refractivity contribution in [2.75, 3.05) is 0 Å². The Kier molecular flexibility index (Phi) is 1.53. The number of hydrogen-bond acceptors (Lipinski definition) is 2. The molecule has 6 heavy (non-hydrogen) atoms. The van der Waals surface area contributed by atoms with E-state index in [0.29, 0.717) is 0 Å². The molecule has 0 aromatic heterocycles. The molecule has 0 bridgehead atoms. The van der Waals surface area contributed by atoms with E-state index in [1.807, 2.05) is 0 Å². The Morgan fingerprint density at radius 3 is 2.50 bits per heavy atom. The van der Waals surface area contributed by atoms with Crippen LogP contribution in [0.5, 0.6) is 0 Å². The summed E-state index contributed by atoms with van der Waals surface area (Å²) in [6.45, 7) is 5.75. The maximum atomic E-state index is 9.02. The maximum absolute atomic E-state index is 9.02. The Labute approximate surface area is 33.5 Å². The minimum absolute atomic E-state index is 1.05. The summed E-state index contributed by atoms with van der Waals surface area (Å²) < 4.78 is 0. The molecule has 0 spiro atoms. The molecule has 5 nitrogen and oxygen atoms in total. The first-order valence-electron chi connectivity index (χ1n) is 0.989. The van der Waals surface area contributed by atoms with Gasteiger partial charge in [-0.3, -0.25) is 15.1 Å². The summed E-state index contributed by atoms with van der Waals surface area (Å²) >= 11 is 0. The van der Waals surface area contributed by atoms with Crippen LogP contribution in [0.3, 0.4) is 0 Å². The van der Waals surface area contributed by atoms with Gasteiger partial charge in [0.2, 0.25) is 0 Å². The highest BCUT2D eigenvalue weighted by molar-refractivity contribution is 4.64. The van der Waals surface area contributed by atoms with E-state index in [0.717, 1.165) is 0 Å². The number of hydrogen-bond donors (Lipinski definition) is 0. The van der Waals surface area contributed by atoms with Gasteiger partial charge in [0.1, 0.15) is 0 Å². The van der Waals surface area contributed by atoms with Crippen molar-refractivity contribution in [1.29, 1.82) is 0 Å². The van der Waals surface area contributed by atoms with E-state index in [9.17, 15) is 0 Å². The molecule has 5 heteroatoms. The van der Waals surface area contributed by atoms with Crippen LogP contribution in [0.15, 0.2) is 0 Å². The minimum Gasteiger partial charge on any atom is -0.285 e. The number of nitro groups is 1. The van der Waals surface area contributed by atoms with Gasteiger partial charge in [0.05, 0.1) is 5.03 Å². The van der Waals surface area contributed by atoms with Crippen molar-refractivity contribution in [1.82, 2.24) is 0 Å². The van der Waals surface area contributed by atoms with Crippen LogP contribution in [-0.4, -0.2) is 5.03 Å². The van der Waals surface area contributed by atoms with E-state index >= 15 is 0 Å². The molecule has 0 radical (unpaired) electrons. The topological polar surface area (TPSA) is 61.6 Å². The van der Waals surface area contributed by atoms with Crippen molar-refractivity contribution in [2.24, 2.45) is 0 Å². The third-order valence-electron chi connectivity index (χ3n) is 0.118. The summed E-state index contributed by atoms with van der Waals surface area (Å²) in [5.41, 5.74) is 2.14. The molecule has 0 aliphatic carbocycles. The van der Waals surface area contributed by atoms with Crippen molar-refractivity contribution >= 4 is 0 Å². The lowest BCUT2D eigenvalue weighted by Gasteiger charge is -1.83. The van der Waals surface area contributed by atoms with Gasteiger partial charge in [-0.05, 0) is 5.53 Å². The Morgan fingerprint density at radius 2 is 2.50 bits per heavy atom.